The van der Waals surface area contributed by atoms with Gasteiger partial charge in [-0.3, -0.25) is 4.79 Å². The Bertz CT molecular complexity index is 1120. The summed E-state index contributed by atoms with van der Waals surface area (Å²) in [6, 6.07) is 11.2. The number of carbonyl (C=O) groups excluding carboxylic acids is 2. The molecular formula is C23H28N6O3. The zero-order chi connectivity index (χ0) is 22.7. The molecule has 168 valence electrons. The van der Waals surface area contributed by atoms with E-state index in [-0.39, 0.29) is 24.6 Å². The topological polar surface area (TPSA) is 101 Å². The molecule has 1 aliphatic heterocycles. The van der Waals surface area contributed by atoms with Gasteiger partial charge >= 0.3 is 6.03 Å². The molecule has 0 atom stereocenters. The minimum atomic E-state index is -0.200. The molecule has 3 heterocycles. The first kappa shape index (κ1) is 21.6. The van der Waals surface area contributed by atoms with Crippen LogP contribution in [-0.2, 0) is 11.8 Å². The van der Waals surface area contributed by atoms with Crippen LogP contribution in [0.4, 0.5) is 10.5 Å². The van der Waals surface area contributed by atoms with Gasteiger partial charge in [-0.15, -0.1) is 5.10 Å². The van der Waals surface area contributed by atoms with Gasteiger partial charge in [0.25, 0.3) is 5.91 Å². The molecule has 1 aliphatic rings. The highest BCUT2D eigenvalue weighted by atomic mass is 16.5. The third kappa shape index (κ3) is 4.82. The van der Waals surface area contributed by atoms with E-state index in [0.717, 1.165) is 28.0 Å². The summed E-state index contributed by atoms with van der Waals surface area (Å²) in [6.45, 7) is 4.96. The van der Waals surface area contributed by atoms with E-state index < -0.39 is 0 Å². The lowest BCUT2D eigenvalue weighted by Crippen LogP contribution is -2.48. The van der Waals surface area contributed by atoms with Gasteiger partial charge in [-0.2, -0.15) is 0 Å². The summed E-state index contributed by atoms with van der Waals surface area (Å²) in [4.78, 5) is 31.1. The number of piperidine rings is 1. The average molecular weight is 437 g/mol. The van der Waals surface area contributed by atoms with Crippen molar-refractivity contribution in [2.45, 2.75) is 32.7 Å². The van der Waals surface area contributed by atoms with Gasteiger partial charge in [-0.25, -0.2) is 14.5 Å². The number of rotatable bonds is 5. The van der Waals surface area contributed by atoms with E-state index in [9.17, 15) is 9.59 Å². The zero-order valence-electron chi connectivity index (χ0n) is 18.6. The van der Waals surface area contributed by atoms with Crippen LogP contribution >= 0.6 is 0 Å². The highest BCUT2D eigenvalue weighted by Gasteiger charge is 2.24. The van der Waals surface area contributed by atoms with Crippen molar-refractivity contribution in [3.8, 4) is 5.88 Å². The number of ether oxygens (including phenoxy) is 1. The van der Waals surface area contributed by atoms with Gasteiger partial charge < -0.3 is 20.3 Å². The maximum atomic E-state index is 12.4. The van der Waals surface area contributed by atoms with E-state index in [1.165, 1.54) is 0 Å². The van der Waals surface area contributed by atoms with Crippen LogP contribution in [0.15, 0.2) is 36.4 Å². The van der Waals surface area contributed by atoms with E-state index in [1.807, 2.05) is 57.3 Å². The molecule has 0 radical (unpaired) electrons. The maximum absolute atomic E-state index is 12.4. The predicted molar refractivity (Wildman–Crippen MR) is 122 cm³/mol. The lowest BCUT2D eigenvalue weighted by molar-refractivity contribution is -0.124. The molecule has 0 unspecified atom stereocenters. The average Bonchev–Trinajstić information content (AvgIpc) is 3.09. The molecule has 0 spiro atoms. The normalized spacial score (nSPS) is 14.4. The van der Waals surface area contributed by atoms with Gasteiger partial charge in [0.2, 0.25) is 5.88 Å². The molecule has 1 saturated heterocycles. The molecule has 0 saturated carbocycles. The molecule has 4 rings (SSSR count). The van der Waals surface area contributed by atoms with E-state index in [2.05, 4.69) is 20.7 Å². The van der Waals surface area contributed by atoms with E-state index in [1.54, 1.807) is 9.58 Å². The number of para-hydroxylation sites is 1. The van der Waals surface area contributed by atoms with E-state index >= 15 is 0 Å². The lowest BCUT2D eigenvalue weighted by atomic mass is 10.1. The first-order valence-electron chi connectivity index (χ1n) is 10.7. The summed E-state index contributed by atoms with van der Waals surface area (Å²) in [7, 11) is 1.81. The van der Waals surface area contributed by atoms with Crippen LogP contribution in [0.2, 0.25) is 0 Å². The Hall–Kier alpha value is -3.62. The molecule has 32 heavy (non-hydrogen) atoms. The first-order chi connectivity index (χ1) is 15.4. The van der Waals surface area contributed by atoms with Crippen molar-refractivity contribution in [3.05, 3.63) is 47.7 Å². The number of pyridine rings is 1. The third-order valence-corrected chi connectivity index (χ3v) is 5.60. The number of likely N-dealkylation sites (tertiary alicyclic amines) is 1. The number of urea groups is 1. The monoisotopic (exact) mass is 436 g/mol. The fraction of sp³-hybridized carbons (Fsp3) is 0.391. The summed E-state index contributed by atoms with van der Waals surface area (Å²) in [5.41, 5.74) is 3.43. The molecule has 3 aromatic rings. The van der Waals surface area contributed by atoms with Gasteiger partial charge in [0.1, 0.15) is 0 Å². The second-order valence-electron chi connectivity index (χ2n) is 8.12. The van der Waals surface area contributed by atoms with Gasteiger partial charge in [0.15, 0.2) is 12.3 Å². The van der Waals surface area contributed by atoms with Crippen LogP contribution in [0, 0.1) is 13.8 Å². The lowest BCUT2D eigenvalue weighted by Gasteiger charge is -2.32. The molecule has 9 heteroatoms. The van der Waals surface area contributed by atoms with Gasteiger partial charge in [-0.05, 0) is 50.5 Å². The van der Waals surface area contributed by atoms with Crippen LogP contribution in [0.1, 0.15) is 24.1 Å². The molecule has 2 aromatic heterocycles. The highest BCUT2D eigenvalue weighted by molar-refractivity contribution is 5.89. The molecular weight excluding hydrogens is 408 g/mol. The van der Waals surface area contributed by atoms with Gasteiger partial charge in [0, 0.05) is 37.6 Å². The smallest absolute Gasteiger partial charge is 0.321 e. The maximum Gasteiger partial charge on any atom is 0.321 e. The number of hydrogen-bond donors (Lipinski definition) is 2. The molecule has 2 N–H and O–H groups in total. The van der Waals surface area contributed by atoms with Crippen molar-refractivity contribution in [2.75, 3.05) is 25.0 Å². The standard InChI is InChI=1S/C23H28N6O3/c1-15-13-16(2)24-21-20(15)22(27-28(21)3)32-14-19(30)25-18-9-11-29(12-10-18)23(31)26-17-7-5-4-6-8-17/h4-8,13,18H,9-12,14H2,1-3H3,(H,25,30)(H,26,31). The SMILES string of the molecule is Cc1cc(C)c2c(OCC(=O)NC3CCN(C(=O)Nc4ccccc4)CC3)nn(C)c2n1. The third-order valence-electron chi connectivity index (χ3n) is 5.60. The van der Waals surface area contributed by atoms with E-state index in [0.29, 0.717) is 31.8 Å². The summed E-state index contributed by atoms with van der Waals surface area (Å²) >= 11 is 0. The summed E-state index contributed by atoms with van der Waals surface area (Å²) < 4.78 is 7.40. The summed E-state index contributed by atoms with van der Waals surface area (Å²) in [5.74, 6) is 0.212. The Labute approximate surface area is 186 Å². The largest absolute Gasteiger partial charge is 0.466 e. The van der Waals surface area contributed by atoms with Crippen LogP contribution in [0.3, 0.4) is 0 Å². The number of carbonyl (C=O) groups is 2. The number of benzene rings is 1. The fourth-order valence-electron chi connectivity index (χ4n) is 4.00. The fourth-order valence-corrected chi connectivity index (χ4v) is 4.00. The Morgan fingerprint density at radius 2 is 1.88 bits per heavy atom. The van der Waals surface area contributed by atoms with Crippen molar-refractivity contribution >= 4 is 28.7 Å². The number of fused-ring (bicyclic) bond motifs is 1. The first-order valence-corrected chi connectivity index (χ1v) is 10.7. The number of hydrogen-bond acceptors (Lipinski definition) is 5. The van der Waals surface area contributed by atoms with Crippen molar-refractivity contribution in [1.82, 2.24) is 25.0 Å². The van der Waals surface area contributed by atoms with Gasteiger partial charge in [0.05, 0.1) is 5.39 Å². The van der Waals surface area contributed by atoms with Crippen molar-refractivity contribution in [1.29, 1.82) is 0 Å². The summed E-state index contributed by atoms with van der Waals surface area (Å²) in [5, 5.41) is 11.1. The Morgan fingerprint density at radius 3 is 2.59 bits per heavy atom. The van der Waals surface area contributed by atoms with Crippen LogP contribution < -0.4 is 15.4 Å². The predicted octanol–water partition coefficient (Wildman–Crippen LogP) is 2.78. The molecule has 3 amide bonds. The number of nitrogens with one attached hydrogen (secondary N) is 2. The number of anilines is 1. The molecule has 0 bridgehead atoms. The van der Waals surface area contributed by atoms with Crippen molar-refractivity contribution in [3.63, 3.8) is 0 Å². The minimum Gasteiger partial charge on any atom is -0.466 e. The second-order valence-corrected chi connectivity index (χ2v) is 8.12. The zero-order valence-corrected chi connectivity index (χ0v) is 18.6. The van der Waals surface area contributed by atoms with Crippen molar-refractivity contribution < 1.29 is 14.3 Å². The van der Waals surface area contributed by atoms with Crippen LogP contribution in [0.25, 0.3) is 11.0 Å². The molecule has 9 nitrogen and oxygen atoms in total. The van der Waals surface area contributed by atoms with Crippen molar-refractivity contribution in [2.24, 2.45) is 7.05 Å². The number of aryl methyl sites for hydroxylation is 3. The number of amides is 3. The highest BCUT2D eigenvalue weighted by Crippen LogP contribution is 2.27. The van der Waals surface area contributed by atoms with Crippen LogP contribution in [0.5, 0.6) is 5.88 Å². The number of nitrogens with zero attached hydrogens (tertiary/aromatic N) is 4. The Morgan fingerprint density at radius 1 is 1.16 bits per heavy atom. The van der Waals surface area contributed by atoms with Gasteiger partial charge in [-0.1, -0.05) is 18.2 Å². The minimum absolute atomic E-state index is 0.0124. The molecule has 0 aliphatic carbocycles. The quantitative estimate of drug-likeness (QED) is 0.640. The number of aromatic nitrogens is 3. The van der Waals surface area contributed by atoms with Crippen LogP contribution in [-0.4, -0.2) is 57.3 Å². The Kier molecular flexibility index (Phi) is 6.25. The summed E-state index contributed by atoms with van der Waals surface area (Å²) in [6.07, 6.45) is 1.39. The second kappa shape index (κ2) is 9.25. The van der Waals surface area contributed by atoms with E-state index in [4.69, 9.17) is 4.74 Å². The molecule has 1 aromatic carbocycles. The molecule has 1 fully saturated rings. The Balaban J connectivity index is 1.26.